The second-order valence-electron chi connectivity index (χ2n) is 5.35. The maximum atomic E-state index is 11.6. The van der Waals surface area contributed by atoms with Gasteiger partial charge in [-0.05, 0) is 38.1 Å². The van der Waals surface area contributed by atoms with Crippen LogP contribution >= 0.6 is 0 Å². The van der Waals surface area contributed by atoms with Gasteiger partial charge in [-0.3, -0.25) is 4.79 Å². The van der Waals surface area contributed by atoms with Gasteiger partial charge in [-0.25, -0.2) is 4.98 Å². The number of aromatic amines is 1. The molecule has 2 fully saturated rings. The molecule has 0 atom stereocenters. The predicted octanol–water partition coefficient (Wildman–Crippen LogP) is 0.738. The van der Waals surface area contributed by atoms with Gasteiger partial charge in [0.15, 0.2) is 5.82 Å². The summed E-state index contributed by atoms with van der Waals surface area (Å²) in [5.74, 6) is 1.50. The third kappa shape index (κ3) is 2.72. The van der Waals surface area contributed by atoms with E-state index >= 15 is 0 Å². The molecule has 0 spiro atoms. The Bertz CT molecular complexity index is 446. The average molecular weight is 248 g/mol. The number of anilines is 1. The van der Waals surface area contributed by atoms with E-state index in [2.05, 4.69) is 20.2 Å². The van der Waals surface area contributed by atoms with Gasteiger partial charge < -0.3 is 15.2 Å². The van der Waals surface area contributed by atoms with Crippen LogP contribution in [0.4, 0.5) is 5.82 Å². The third-order valence-corrected chi connectivity index (χ3v) is 3.88. The van der Waals surface area contributed by atoms with E-state index in [4.69, 9.17) is 0 Å². The minimum atomic E-state index is -0.0816. The van der Waals surface area contributed by atoms with Gasteiger partial charge in [0.25, 0.3) is 5.56 Å². The summed E-state index contributed by atoms with van der Waals surface area (Å²) < 4.78 is 0. The van der Waals surface area contributed by atoms with E-state index in [1.54, 1.807) is 12.4 Å². The molecule has 0 unspecified atom stereocenters. The lowest BCUT2D eigenvalue weighted by Crippen LogP contribution is -2.44. The molecule has 1 aliphatic heterocycles. The van der Waals surface area contributed by atoms with Gasteiger partial charge in [-0.15, -0.1) is 0 Å². The number of rotatable bonds is 4. The predicted molar refractivity (Wildman–Crippen MR) is 70.8 cm³/mol. The van der Waals surface area contributed by atoms with Crippen molar-refractivity contribution in [2.45, 2.75) is 31.7 Å². The molecule has 1 aromatic rings. The number of aromatic nitrogens is 2. The molecule has 1 aromatic heterocycles. The zero-order valence-electron chi connectivity index (χ0n) is 10.6. The maximum absolute atomic E-state index is 11.6. The zero-order valence-corrected chi connectivity index (χ0v) is 10.6. The number of nitrogens with one attached hydrogen (secondary N) is 2. The maximum Gasteiger partial charge on any atom is 0.290 e. The Balaban J connectivity index is 1.53. The van der Waals surface area contributed by atoms with E-state index in [-0.39, 0.29) is 5.56 Å². The van der Waals surface area contributed by atoms with Gasteiger partial charge in [0.1, 0.15) is 0 Å². The summed E-state index contributed by atoms with van der Waals surface area (Å²) >= 11 is 0. The van der Waals surface area contributed by atoms with Crippen LogP contribution in [-0.2, 0) is 0 Å². The first-order valence-electron chi connectivity index (χ1n) is 6.85. The normalized spacial score (nSPS) is 21.2. The minimum absolute atomic E-state index is 0.0816. The second kappa shape index (κ2) is 5.10. The number of piperidine rings is 1. The summed E-state index contributed by atoms with van der Waals surface area (Å²) in [6.45, 7) is 3.01. The van der Waals surface area contributed by atoms with E-state index in [0.717, 1.165) is 31.8 Å². The van der Waals surface area contributed by atoms with E-state index in [9.17, 15) is 4.79 Å². The zero-order chi connectivity index (χ0) is 12.4. The SMILES string of the molecule is O=c1[nH]ccnc1N1CCC(NCC2CC2)CC1. The van der Waals surface area contributed by atoms with Gasteiger partial charge in [0.05, 0.1) is 0 Å². The standard InChI is InChI=1S/C13H20N4O/c18-13-12(14-5-6-15-13)17-7-3-11(4-8-17)16-9-10-1-2-10/h5-6,10-11,16H,1-4,7-9H2,(H,15,18). The molecular formula is C13H20N4O. The Hall–Kier alpha value is -1.36. The van der Waals surface area contributed by atoms with Gasteiger partial charge in [-0.2, -0.15) is 0 Å². The molecule has 5 nitrogen and oxygen atoms in total. The van der Waals surface area contributed by atoms with Crippen molar-refractivity contribution in [3.8, 4) is 0 Å². The van der Waals surface area contributed by atoms with Crippen molar-refractivity contribution in [2.75, 3.05) is 24.5 Å². The van der Waals surface area contributed by atoms with Crippen molar-refractivity contribution in [1.82, 2.24) is 15.3 Å². The van der Waals surface area contributed by atoms with Crippen molar-refractivity contribution in [3.05, 3.63) is 22.7 Å². The van der Waals surface area contributed by atoms with Gasteiger partial charge in [0, 0.05) is 31.5 Å². The molecule has 5 heteroatoms. The fourth-order valence-electron chi connectivity index (χ4n) is 2.52. The van der Waals surface area contributed by atoms with Crippen LogP contribution < -0.4 is 15.8 Å². The highest BCUT2D eigenvalue weighted by Crippen LogP contribution is 2.28. The lowest BCUT2D eigenvalue weighted by atomic mass is 10.0. The monoisotopic (exact) mass is 248 g/mol. The van der Waals surface area contributed by atoms with Crippen LogP contribution in [0.2, 0.25) is 0 Å². The minimum Gasteiger partial charge on any atom is -0.352 e. The molecule has 0 bridgehead atoms. The van der Waals surface area contributed by atoms with Crippen molar-refractivity contribution >= 4 is 5.82 Å². The Kier molecular flexibility index (Phi) is 3.32. The van der Waals surface area contributed by atoms with Gasteiger partial charge in [-0.1, -0.05) is 0 Å². The molecular weight excluding hydrogens is 228 g/mol. The Morgan fingerprint density at radius 2 is 2.11 bits per heavy atom. The molecule has 1 saturated carbocycles. The van der Waals surface area contributed by atoms with E-state index in [1.807, 2.05) is 0 Å². The molecule has 98 valence electrons. The number of H-pyrrole nitrogens is 1. The Labute approximate surface area is 107 Å². The first-order chi connectivity index (χ1) is 8.83. The first-order valence-corrected chi connectivity index (χ1v) is 6.85. The molecule has 2 aliphatic rings. The van der Waals surface area contributed by atoms with Crippen molar-refractivity contribution in [1.29, 1.82) is 0 Å². The average Bonchev–Trinajstić information content (AvgIpc) is 3.22. The molecule has 1 saturated heterocycles. The summed E-state index contributed by atoms with van der Waals surface area (Å²) in [6, 6.07) is 0.615. The topological polar surface area (TPSA) is 61.0 Å². The van der Waals surface area contributed by atoms with Crippen molar-refractivity contribution < 1.29 is 0 Å². The fraction of sp³-hybridized carbons (Fsp3) is 0.692. The number of hydrogen-bond acceptors (Lipinski definition) is 4. The summed E-state index contributed by atoms with van der Waals surface area (Å²) in [6.07, 6.45) is 8.22. The van der Waals surface area contributed by atoms with E-state index < -0.39 is 0 Å². The highest BCUT2D eigenvalue weighted by molar-refractivity contribution is 5.35. The summed E-state index contributed by atoms with van der Waals surface area (Å²) in [4.78, 5) is 20.6. The lowest BCUT2D eigenvalue weighted by molar-refractivity contribution is 0.407. The quantitative estimate of drug-likeness (QED) is 0.825. The molecule has 2 N–H and O–H groups in total. The van der Waals surface area contributed by atoms with Crippen LogP contribution in [-0.4, -0.2) is 35.6 Å². The highest BCUT2D eigenvalue weighted by Gasteiger charge is 2.25. The van der Waals surface area contributed by atoms with Crippen LogP contribution in [0.15, 0.2) is 17.2 Å². The smallest absolute Gasteiger partial charge is 0.290 e. The molecule has 0 radical (unpaired) electrons. The van der Waals surface area contributed by atoms with Gasteiger partial charge >= 0.3 is 0 Å². The third-order valence-electron chi connectivity index (χ3n) is 3.88. The highest BCUT2D eigenvalue weighted by atomic mass is 16.1. The number of hydrogen-bond donors (Lipinski definition) is 2. The van der Waals surface area contributed by atoms with Crippen LogP contribution in [0.25, 0.3) is 0 Å². The molecule has 0 amide bonds. The fourth-order valence-corrected chi connectivity index (χ4v) is 2.52. The van der Waals surface area contributed by atoms with Gasteiger partial charge in [0.2, 0.25) is 0 Å². The Morgan fingerprint density at radius 1 is 1.33 bits per heavy atom. The summed E-state index contributed by atoms with van der Waals surface area (Å²) in [5.41, 5.74) is -0.0816. The van der Waals surface area contributed by atoms with Crippen molar-refractivity contribution in [3.63, 3.8) is 0 Å². The molecule has 2 heterocycles. The van der Waals surface area contributed by atoms with Crippen LogP contribution in [0.1, 0.15) is 25.7 Å². The number of nitrogens with zero attached hydrogens (tertiary/aromatic N) is 2. The first kappa shape index (κ1) is 11.7. The molecule has 1 aliphatic carbocycles. The van der Waals surface area contributed by atoms with Crippen LogP contribution in [0.3, 0.4) is 0 Å². The van der Waals surface area contributed by atoms with Crippen LogP contribution in [0.5, 0.6) is 0 Å². The van der Waals surface area contributed by atoms with Crippen molar-refractivity contribution in [2.24, 2.45) is 5.92 Å². The Morgan fingerprint density at radius 3 is 2.78 bits per heavy atom. The largest absolute Gasteiger partial charge is 0.352 e. The second-order valence-corrected chi connectivity index (χ2v) is 5.35. The molecule has 0 aromatic carbocycles. The lowest BCUT2D eigenvalue weighted by Gasteiger charge is -2.32. The molecule has 18 heavy (non-hydrogen) atoms. The van der Waals surface area contributed by atoms with Crippen LogP contribution in [0, 0.1) is 5.92 Å². The molecule has 3 rings (SSSR count). The summed E-state index contributed by atoms with van der Waals surface area (Å²) in [7, 11) is 0. The van der Waals surface area contributed by atoms with E-state index in [0.29, 0.717) is 11.9 Å². The van der Waals surface area contributed by atoms with E-state index in [1.165, 1.54) is 19.4 Å². The summed E-state index contributed by atoms with van der Waals surface area (Å²) in [5, 5.41) is 3.64.